The van der Waals surface area contributed by atoms with Crippen molar-refractivity contribution in [2.45, 2.75) is 13.1 Å². The summed E-state index contributed by atoms with van der Waals surface area (Å²) in [6, 6.07) is 10.3. The number of nitrogens with two attached hydrogens (primary N) is 1. The van der Waals surface area contributed by atoms with Crippen molar-refractivity contribution in [2.75, 3.05) is 16.0 Å². The third-order valence-corrected chi connectivity index (χ3v) is 4.90. The summed E-state index contributed by atoms with van der Waals surface area (Å²) in [6.45, 7) is 1.35. The summed E-state index contributed by atoms with van der Waals surface area (Å²) in [5.41, 5.74) is 5.38. The number of primary amides is 1. The summed E-state index contributed by atoms with van der Waals surface area (Å²) >= 11 is 0.893. The summed E-state index contributed by atoms with van der Waals surface area (Å²) in [6.07, 6.45) is -4.46. The molecule has 3 rings (SSSR count). The molecular weight excluding hydrogens is 447 g/mol. The minimum Gasteiger partial charge on any atom is -0.364 e. The van der Waals surface area contributed by atoms with Gasteiger partial charge in [-0.05, 0) is 48.5 Å². The predicted octanol–water partition coefficient (Wildman–Crippen LogP) is 4.22. The van der Waals surface area contributed by atoms with Crippen LogP contribution in [0.5, 0.6) is 0 Å². The van der Waals surface area contributed by atoms with Gasteiger partial charge in [0.25, 0.3) is 11.8 Å². The fourth-order valence-corrected chi connectivity index (χ4v) is 3.46. The highest BCUT2D eigenvalue weighted by atomic mass is 32.1. The lowest BCUT2D eigenvalue weighted by Gasteiger charge is -2.07. The van der Waals surface area contributed by atoms with Crippen LogP contribution in [0.1, 0.15) is 33.3 Å². The van der Waals surface area contributed by atoms with E-state index in [1.807, 2.05) is 0 Å². The number of anilines is 4. The SMILES string of the molecule is CC(=O)Nc1ccc(C(=O)Nc2sc(Nc3ccc(C(F)(F)F)cc3)nc2C(N)=O)cc1. The van der Waals surface area contributed by atoms with Crippen molar-refractivity contribution in [1.82, 2.24) is 4.98 Å². The van der Waals surface area contributed by atoms with E-state index < -0.39 is 23.6 Å². The Balaban J connectivity index is 1.76. The molecule has 3 amide bonds. The van der Waals surface area contributed by atoms with Gasteiger partial charge in [0.2, 0.25) is 5.91 Å². The van der Waals surface area contributed by atoms with Crippen LogP contribution in [0.15, 0.2) is 48.5 Å². The number of hydrogen-bond donors (Lipinski definition) is 4. The number of thiazole rings is 1. The molecule has 3 aromatic rings. The number of alkyl halides is 3. The summed E-state index contributed by atoms with van der Waals surface area (Å²) in [4.78, 5) is 39.3. The molecule has 12 heteroatoms. The average Bonchev–Trinajstić information content (AvgIpc) is 3.10. The Kier molecular flexibility index (Phi) is 6.44. The molecule has 0 aliphatic rings. The first-order chi connectivity index (χ1) is 15.0. The number of halogens is 3. The van der Waals surface area contributed by atoms with Gasteiger partial charge in [-0.25, -0.2) is 4.98 Å². The second kappa shape index (κ2) is 9.06. The predicted molar refractivity (Wildman–Crippen MR) is 114 cm³/mol. The van der Waals surface area contributed by atoms with Crippen LogP contribution in [0.4, 0.5) is 34.7 Å². The van der Waals surface area contributed by atoms with Gasteiger partial charge in [0.15, 0.2) is 10.8 Å². The van der Waals surface area contributed by atoms with Crippen molar-refractivity contribution in [1.29, 1.82) is 0 Å². The number of nitrogens with one attached hydrogen (secondary N) is 3. The molecule has 0 radical (unpaired) electrons. The van der Waals surface area contributed by atoms with Crippen molar-refractivity contribution < 1.29 is 27.6 Å². The third-order valence-electron chi connectivity index (χ3n) is 4.02. The molecule has 166 valence electrons. The minimum atomic E-state index is -4.46. The summed E-state index contributed by atoms with van der Waals surface area (Å²) in [5.74, 6) is -1.70. The maximum Gasteiger partial charge on any atom is 0.416 e. The van der Waals surface area contributed by atoms with E-state index in [-0.39, 0.29) is 27.3 Å². The van der Waals surface area contributed by atoms with E-state index in [9.17, 15) is 27.6 Å². The topological polar surface area (TPSA) is 126 Å². The Morgan fingerprint density at radius 3 is 2.06 bits per heavy atom. The molecule has 0 saturated heterocycles. The second-order valence-corrected chi connectivity index (χ2v) is 7.47. The van der Waals surface area contributed by atoms with Gasteiger partial charge >= 0.3 is 6.18 Å². The van der Waals surface area contributed by atoms with Gasteiger partial charge in [0, 0.05) is 23.9 Å². The molecule has 0 fully saturated rings. The Morgan fingerprint density at radius 1 is 0.938 bits per heavy atom. The standard InChI is InChI=1S/C20H16F3N5O3S/c1-10(29)25-13-6-2-11(3-7-13)17(31)28-18-15(16(24)30)27-19(32-18)26-14-8-4-12(5-9-14)20(21,22)23/h2-9H,1H3,(H2,24,30)(H,25,29)(H,26,27)(H,28,31). The van der Waals surface area contributed by atoms with Crippen molar-refractivity contribution in [3.63, 3.8) is 0 Å². The normalized spacial score (nSPS) is 11.0. The fraction of sp³-hybridized carbons (Fsp3) is 0.100. The van der Waals surface area contributed by atoms with Crippen LogP contribution in [0.3, 0.4) is 0 Å². The first-order valence-electron chi connectivity index (χ1n) is 8.97. The maximum absolute atomic E-state index is 12.7. The Morgan fingerprint density at radius 2 is 1.53 bits per heavy atom. The first kappa shape index (κ1) is 22.7. The van der Waals surface area contributed by atoms with Gasteiger partial charge in [-0.1, -0.05) is 11.3 Å². The Hall–Kier alpha value is -3.93. The fourth-order valence-electron chi connectivity index (χ4n) is 2.57. The molecule has 0 bridgehead atoms. The highest BCUT2D eigenvalue weighted by Crippen LogP contribution is 2.33. The second-order valence-electron chi connectivity index (χ2n) is 6.47. The highest BCUT2D eigenvalue weighted by Gasteiger charge is 2.30. The molecule has 2 aromatic carbocycles. The monoisotopic (exact) mass is 463 g/mol. The smallest absolute Gasteiger partial charge is 0.364 e. The molecule has 5 N–H and O–H groups in total. The van der Waals surface area contributed by atoms with Crippen molar-refractivity contribution in [2.24, 2.45) is 5.73 Å². The van der Waals surface area contributed by atoms with Crippen LogP contribution in [-0.2, 0) is 11.0 Å². The summed E-state index contributed by atoms with van der Waals surface area (Å²) < 4.78 is 38.1. The Bertz CT molecular complexity index is 1160. The van der Waals surface area contributed by atoms with Gasteiger partial charge < -0.3 is 21.7 Å². The highest BCUT2D eigenvalue weighted by molar-refractivity contribution is 7.20. The number of hydrogen-bond acceptors (Lipinski definition) is 6. The number of rotatable bonds is 6. The quantitative estimate of drug-likeness (QED) is 0.436. The van der Waals surface area contributed by atoms with E-state index in [4.69, 9.17) is 5.73 Å². The van der Waals surface area contributed by atoms with Crippen LogP contribution in [0.2, 0.25) is 0 Å². The average molecular weight is 463 g/mol. The van der Waals surface area contributed by atoms with E-state index in [0.29, 0.717) is 11.4 Å². The van der Waals surface area contributed by atoms with Gasteiger partial charge in [-0.3, -0.25) is 14.4 Å². The lowest BCUT2D eigenvalue weighted by atomic mass is 10.2. The van der Waals surface area contributed by atoms with E-state index in [0.717, 1.165) is 23.5 Å². The molecular formula is C20H16F3N5O3S. The van der Waals surface area contributed by atoms with E-state index in [1.54, 1.807) is 0 Å². The number of carbonyl (C=O) groups is 3. The summed E-state index contributed by atoms with van der Waals surface area (Å²) in [7, 11) is 0. The van der Waals surface area contributed by atoms with Crippen LogP contribution in [0.25, 0.3) is 0 Å². The molecule has 0 aliphatic heterocycles. The maximum atomic E-state index is 12.7. The largest absolute Gasteiger partial charge is 0.416 e. The number of aromatic nitrogens is 1. The van der Waals surface area contributed by atoms with Gasteiger partial charge in [-0.15, -0.1) is 0 Å². The molecule has 0 atom stereocenters. The zero-order valence-electron chi connectivity index (χ0n) is 16.4. The Labute approximate surface area is 183 Å². The number of nitrogens with zero attached hydrogens (tertiary/aromatic N) is 1. The number of carbonyl (C=O) groups excluding carboxylic acids is 3. The zero-order valence-corrected chi connectivity index (χ0v) is 17.2. The third kappa shape index (κ3) is 5.60. The molecule has 0 spiro atoms. The lowest BCUT2D eigenvalue weighted by molar-refractivity contribution is -0.137. The van der Waals surface area contributed by atoms with E-state index in [1.165, 1.54) is 43.3 Å². The van der Waals surface area contributed by atoms with Crippen molar-refractivity contribution in [3.8, 4) is 0 Å². The molecule has 32 heavy (non-hydrogen) atoms. The van der Waals surface area contributed by atoms with Gasteiger partial charge in [-0.2, -0.15) is 13.2 Å². The van der Waals surface area contributed by atoms with Gasteiger partial charge in [0.1, 0.15) is 5.00 Å². The molecule has 1 aromatic heterocycles. The first-order valence-corrected chi connectivity index (χ1v) is 9.78. The summed E-state index contributed by atoms with van der Waals surface area (Å²) in [5, 5.41) is 8.11. The number of amides is 3. The van der Waals surface area contributed by atoms with Crippen molar-refractivity contribution >= 4 is 50.6 Å². The van der Waals surface area contributed by atoms with Crippen molar-refractivity contribution in [3.05, 3.63) is 65.4 Å². The van der Waals surface area contributed by atoms with Crippen LogP contribution < -0.4 is 21.7 Å². The molecule has 0 aliphatic carbocycles. The molecule has 0 saturated carbocycles. The van der Waals surface area contributed by atoms with Crippen LogP contribution >= 0.6 is 11.3 Å². The van der Waals surface area contributed by atoms with E-state index in [2.05, 4.69) is 20.9 Å². The van der Waals surface area contributed by atoms with Crippen LogP contribution in [0, 0.1) is 0 Å². The molecule has 0 unspecified atom stereocenters. The van der Waals surface area contributed by atoms with Crippen LogP contribution in [-0.4, -0.2) is 22.7 Å². The zero-order chi connectivity index (χ0) is 23.5. The lowest BCUT2D eigenvalue weighted by Crippen LogP contribution is -2.17. The molecule has 8 nitrogen and oxygen atoms in total. The minimum absolute atomic E-state index is 0.0721. The molecule has 1 heterocycles. The van der Waals surface area contributed by atoms with Gasteiger partial charge in [0.05, 0.1) is 5.56 Å². The number of benzene rings is 2. The van der Waals surface area contributed by atoms with E-state index >= 15 is 0 Å².